The topological polar surface area (TPSA) is 76.1 Å². The van der Waals surface area contributed by atoms with Crippen LogP contribution >= 0.6 is 0 Å². The summed E-state index contributed by atoms with van der Waals surface area (Å²) < 4.78 is 10.5. The number of carbonyl (C=O) groups is 2. The minimum absolute atomic E-state index is 0.0577. The number of hydrogen-bond acceptors (Lipinski definition) is 5. The van der Waals surface area contributed by atoms with Crippen molar-refractivity contribution in [2.24, 2.45) is 17.3 Å². The third kappa shape index (κ3) is 4.90. The average molecular weight is 338 g/mol. The second-order valence-electron chi connectivity index (χ2n) is 7.96. The van der Waals surface area contributed by atoms with Gasteiger partial charge < -0.3 is 14.6 Å². The Balaban J connectivity index is 2.06. The summed E-state index contributed by atoms with van der Waals surface area (Å²) in [5, 5.41) is 10.2. The van der Waals surface area contributed by atoms with Gasteiger partial charge in [0.25, 0.3) is 0 Å². The van der Waals surface area contributed by atoms with Gasteiger partial charge in [0, 0.05) is 23.8 Å². The summed E-state index contributed by atoms with van der Waals surface area (Å²) in [4.78, 5) is 24.4. The number of allylic oxidation sites excluding steroid dienone is 1. The van der Waals surface area contributed by atoms with Gasteiger partial charge >= 0.3 is 5.97 Å². The van der Waals surface area contributed by atoms with Gasteiger partial charge in [-0.15, -0.1) is 0 Å². The third-order valence-electron chi connectivity index (χ3n) is 5.13. The number of carbonyl (C=O) groups excluding carboxylic acids is 2. The third-order valence-corrected chi connectivity index (χ3v) is 5.13. The molecule has 5 nitrogen and oxygen atoms in total. The van der Waals surface area contributed by atoms with Crippen molar-refractivity contribution in [2.45, 2.75) is 71.7 Å². The lowest BCUT2D eigenvalue weighted by Gasteiger charge is -2.25. The van der Waals surface area contributed by atoms with Crippen molar-refractivity contribution in [1.82, 2.24) is 0 Å². The van der Waals surface area contributed by atoms with Crippen LogP contribution in [0.25, 0.3) is 0 Å². The van der Waals surface area contributed by atoms with E-state index in [0.29, 0.717) is 5.92 Å². The van der Waals surface area contributed by atoms with Gasteiger partial charge in [0.15, 0.2) is 5.79 Å². The molecule has 5 heteroatoms. The Morgan fingerprint density at radius 1 is 1.21 bits per heavy atom. The van der Waals surface area contributed by atoms with E-state index < -0.39 is 17.2 Å². The lowest BCUT2D eigenvalue weighted by Crippen LogP contribution is -2.29. The number of Topliss-reactive ketones (excluding diaryl/α,β-unsaturated/α-hetero) is 1. The van der Waals surface area contributed by atoms with Crippen molar-refractivity contribution in [3.05, 3.63) is 12.2 Å². The van der Waals surface area contributed by atoms with Crippen molar-refractivity contribution in [3.8, 4) is 0 Å². The van der Waals surface area contributed by atoms with Crippen LogP contribution in [-0.4, -0.2) is 35.4 Å². The van der Waals surface area contributed by atoms with Crippen LogP contribution in [-0.2, 0) is 19.1 Å². The number of epoxide rings is 1. The number of cyclic esters (lactones) is 1. The zero-order valence-electron chi connectivity index (χ0n) is 15.2. The Morgan fingerprint density at radius 3 is 2.62 bits per heavy atom. The van der Waals surface area contributed by atoms with Crippen LogP contribution < -0.4 is 0 Å². The number of aliphatic hydroxyl groups is 1. The molecule has 2 aliphatic rings. The van der Waals surface area contributed by atoms with E-state index in [1.54, 1.807) is 6.08 Å². The smallest absolute Gasteiger partial charge is 0.330 e. The van der Waals surface area contributed by atoms with Crippen LogP contribution in [0.4, 0.5) is 0 Å². The van der Waals surface area contributed by atoms with E-state index in [9.17, 15) is 14.7 Å². The predicted octanol–water partition coefficient (Wildman–Crippen LogP) is 3.00. The molecule has 0 aliphatic carbocycles. The van der Waals surface area contributed by atoms with E-state index in [1.165, 1.54) is 6.08 Å². The minimum atomic E-state index is -1.13. The number of fused-ring (bicyclic) bond motifs is 1. The summed E-state index contributed by atoms with van der Waals surface area (Å²) in [5.41, 5.74) is -0.696. The summed E-state index contributed by atoms with van der Waals surface area (Å²) in [5.74, 6) is -1.10. The van der Waals surface area contributed by atoms with Gasteiger partial charge in [-0.1, -0.05) is 32.8 Å². The van der Waals surface area contributed by atoms with Gasteiger partial charge in [0.1, 0.15) is 11.9 Å². The molecule has 1 saturated heterocycles. The molecule has 136 valence electrons. The fraction of sp³-hybridized carbons (Fsp3) is 0.789. The van der Waals surface area contributed by atoms with Crippen molar-refractivity contribution in [1.29, 1.82) is 0 Å². The normalized spacial score (nSPS) is 39.6. The molecule has 0 bridgehead atoms. The van der Waals surface area contributed by atoms with E-state index >= 15 is 0 Å². The molecule has 4 atom stereocenters. The molecule has 0 amide bonds. The van der Waals surface area contributed by atoms with Crippen molar-refractivity contribution < 1.29 is 24.2 Å². The highest BCUT2D eigenvalue weighted by Gasteiger charge is 2.54. The molecule has 0 aromatic carbocycles. The average Bonchev–Trinajstić information content (AvgIpc) is 3.13. The first-order valence-corrected chi connectivity index (χ1v) is 8.94. The van der Waals surface area contributed by atoms with Crippen LogP contribution in [0, 0.1) is 17.3 Å². The zero-order valence-corrected chi connectivity index (χ0v) is 15.2. The van der Waals surface area contributed by atoms with Crippen molar-refractivity contribution in [2.75, 3.05) is 6.61 Å². The molecule has 0 aromatic heterocycles. The maximum Gasteiger partial charge on any atom is 0.330 e. The number of rotatable bonds is 0. The molecule has 1 fully saturated rings. The summed E-state index contributed by atoms with van der Waals surface area (Å²) in [7, 11) is 0. The van der Waals surface area contributed by atoms with Gasteiger partial charge in [-0.3, -0.25) is 4.79 Å². The van der Waals surface area contributed by atoms with Gasteiger partial charge in [-0.05, 0) is 32.6 Å². The molecule has 4 unspecified atom stereocenters. The zero-order chi connectivity index (χ0) is 18.0. The lowest BCUT2D eigenvalue weighted by atomic mass is 9.78. The number of esters is 1. The highest BCUT2D eigenvalue weighted by molar-refractivity contribution is 5.90. The monoisotopic (exact) mass is 338 g/mol. The molecule has 0 spiro atoms. The maximum atomic E-state index is 12.7. The molecule has 1 N–H and O–H groups in total. The fourth-order valence-corrected chi connectivity index (χ4v) is 3.54. The summed E-state index contributed by atoms with van der Waals surface area (Å²) >= 11 is 0. The Kier molecular flexibility index (Phi) is 5.87. The summed E-state index contributed by atoms with van der Waals surface area (Å²) in [6.07, 6.45) is 6.65. The van der Waals surface area contributed by atoms with Crippen molar-refractivity contribution in [3.63, 3.8) is 0 Å². The molecule has 2 aliphatic heterocycles. The van der Waals surface area contributed by atoms with Crippen LogP contribution in [0.3, 0.4) is 0 Å². The van der Waals surface area contributed by atoms with Crippen LogP contribution in [0.1, 0.15) is 59.8 Å². The Labute approximate surface area is 144 Å². The van der Waals surface area contributed by atoms with Gasteiger partial charge in [-0.2, -0.15) is 0 Å². The Morgan fingerprint density at radius 2 is 1.92 bits per heavy atom. The second kappa shape index (κ2) is 7.36. The first kappa shape index (κ1) is 19.1. The van der Waals surface area contributed by atoms with E-state index in [1.807, 2.05) is 20.8 Å². The molecule has 0 radical (unpaired) electrons. The molecule has 0 saturated carbocycles. The first-order chi connectivity index (χ1) is 11.1. The van der Waals surface area contributed by atoms with Crippen LogP contribution in [0.2, 0.25) is 0 Å². The van der Waals surface area contributed by atoms with Crippen LogP contribution in [0.15, 0.2) is 12.2 Å². The molecule has 0 aromatic rings. The molecule has 2 rings (SSSR count). The van der Waals surface area contributed by atoms with Crippen molar-refractivity contribution >= 4 is 11.8 Å². The van der Waals surface area contributed by atoms with E-state index in [4.69, 9.17) is 9.47 Å². The number of ketones is 1. The standard InChI is InChI=1S/C19H30O5/c1-13-6-5-7-15-19(22,24-15)10-11-23-16(20)8-9-18(3,4)17(21)14(2)12-13/h8-9,13-15,22H,5-7,10-12H2,1-4H3/b9-8+. The lowest BCUT2D eigenvalue weighted by molar-refractivity contribution is -0.139. The summed E-state index contributed by atoms with van der Waals surface area (Å²) in [6.45, 7) is 7.88. The Bertz CT molecular complexity index is 510. The maximum absolute atomic E-state index is 12.7. The number of ether oxygens (including phenoxy) is 2. The molecule has 2 heterocycles. The summed E-state index contributed by atoms with van der Waals surface area (Å²) in [6, 6.07) is 0. The second-order valence-corrected chi connectivity index (χ2v) is 7.96. The largest absolute Gasteiger partial charge is 0.462 e. The van der Waals surface area contributed by atoms with E-state index in [-0.39, 0.29) is 30.8 Å². The molecular formula is C19H30O5. The SMILES string of the molecule is CC1CCCC2OC2(O)CCOC(=O)/C=C/C(C)(C)C(=O)C(C)C1. The van der Waals surface area contributed by atoms with Gasteiger partial charge in [0.05, 0.1) is 6.61 Å². The molecular weight excluding hydrogens is 308 g/mol. The highest BCUT2D eigenvalue weighted by Crippen LogP contribution is 2.40. The number of hydrogen-bond donors (Lipinski definition) is 1. The fourth-order valence-electron chi connectivity index (χ4n) is 3.54. The van der Waals surface area contributed by atoms with Gasteiger partial charge in [0.2, 0.25) is 0 Å². The van der Waals surface area contributed by atoms with E-state index in [0.717, 1.165) is 25.7 Å². The van der Waals surface area contributed by atoms with Gasteiger partial charge in [-0.25, -0.2) is 4.79 Å². The highest BCUT2D eigenvalue weighted by atomic mass is 16.7. The van der Waals surface area contributed by atoms with Crippen LogP contribution in [0.5, 0.6) is 0 Å². The molecule has 24 heavy (non-hydrogen) atoms. The quantitative estimate of drug-likeness (QED) is 0.543. The predicted molar refractivity (Wildman–Crippen MR) is 90.1 cm³/mol. The first-order valence-electron chi connectivity index (χ1n) is 8.94. The Hall–Kier alpha value is -1.20. The van der Waals surface area contributed by atoms with E-state index in [2.05, 4.69) is 6.92 Å². The minimum Gasteiger partial charge on any atom is -0.462 e.